The average Bonchev–Trinajstić information content (AvgIpc) is 2.53. The van der Waals surface area contributed by atoms with Gasteiger partial charge in [0.05, 0.1) is 17.7 Å². The van der Waals surface area contributed by atoms with Gasteiger partial charge in [-0.1, -0.05) is 39.7 Å². The molecule has 0 aliphatic rings. The number of hydrogen-bond donors (Lipinski definition) is 0. The van der Waals surface area contributed by atoms with E-state index in [1.165, 1.54) is 7.11 Å². The number of nitrogens with zero attached hydrogens (tertiary/aromatic N) is 1. The Kier molecular flexibility index (Phi) is 5.49. The van der Waals surface area contributed by atoms with E-state index in [1.54, 1.807) is 12.1 Å². The van der Waals surface area contributed by atoms with E-state index < -0.39 is 0 Å². The molecule has 0 spiro atoms. The maximum absolute atomic E-state index is 8.95. The Bertz CT molecular complexity index is 682. The zero-order chi connectivity index (χ0) is 15.2. The second kappa shape index (κ2) is 7.35. The third kappa shape index (κ3) is 3.90. The van der Waals surface area contributed by atoms with Crippen molar-refractivity contribution in [1.29, 1.82) is 5.26 Å². The summed E-state index contributed by atoms with van der Waals surface area (Å²) in [7, 11) is 1.54. The first-order valence-corrected chi connectivity index (χ1v) is 7.72. The predicted molar refractivity (Wildman–Crippen MR) is 86.1 cm³/mol. The van der Waals surface area contributed by atoms with Crippen LogP contribution in [0.3, 0.4) is 0 Å². The highest BCUT2D eigenvalue weighted by molar-refractivity contribution is 9.08. The molecule has 0 aliphatic carbocycles. The lowest BCUT2D eigenvalue weighted by atomic mass is 10.1. The van der Waals surface area contributed by atoms with Crippen LogP contribution in [0.4, 0.5) is 0 Å². The molecule has 2 aromatic carbocycles. The van der Waals surface area contributed by atoms with Crippen LogP contribution in [0.5, 0.6) is 11.5 Å². The summed E-state index contributed by atoms with van der Waals surface area (Å²) >= 11 is 9.55. The molecule has 0 saturated carbocycles. The van der Waals surface area contributed by atoms with Crippen LogP contribution in [-0.2, 0) is 11.9 Å². The fourth-order valence-corrected chi connectivity index (χ4v) is 2.43. The molecule has 0 saturated heterocycles. The average molecular weight is 367 g/mol. The van der Waals surface area contributed by atoms with Crippen molar-refractivity contribution in [2.45, 2.75) is 11.9 Å². The Morgan fingerprint density at radius 2 is 1.90 bits per heavy atom. The SMILES string of the molecule is COc1cc(COc2ccc(CBr)cc2Cl)ccc1C#N. The Hall–Kier alpha value is -1.70. The van der Waals surface area contributed by atoms with Crippen LogP contribution in [0.15, 0.2) is 36.4 Å². The highest BCUT2D eigenvalue weighted by Gasteiger charge is 2.06. The number of rotatable bonds is 5. The normalized spacial score (nSPS) is 10.0. The lowest BCUT2D eigenvalue weighted by molar-refractivity contribution is 0.305. The maximum atomic E-state index is 8.95. The van der Waals surface area contributed by atoms with Crippen LogP contribution in [0.2, 0.25) is 5.02 Å². The number of alkyl halides is 1. The van der Waals surface area contributed by atoms with E-state index in [1.807, 2.05) is 24.3 Å². The Morgan fingerprint density at radius 3 is 2.52 bits per heavy atom. The third-order valence-corrected chi connectivity index (χ3v) is 3.87. The van der Waals surface area contributed by atoms with Crippen LogP contribution in [-0.4, -0.2) is 7.11 Å². The van der Waals surface area contributed by atoms with Gasteiger partial charge in [0.2, 0.25) is 0 Å². The van der Waals surface area contributed by atoms with Crippen molar-refractivity contribution in [3.8, 4) is 17.6 Å². The van der Waals surface area contributed by atoms with Gasteiger partial charge in [0, 0.05) is 5.33 Å². The standard InChI is InChI=1S/C16H13BrClNO2/c1-20-16-7-12(2-4-13(16)9-19)10-21-15-5-3-11(8-17)6-14(15)18/h2-7H,8,10H2,1H3. The number of methoxy groups -OCH3 is 1. The topological polar surface area (TPSA) is 42.2 Å². The molecule has 2 aromatic rings. The fraction of sp³-hybridized carbons (Fsp3) is 0.188. The van der Waals surface area contributed by atoms with Crippen molar-refractivity contribution in [3.63, 3.8) is 0 Å². The summed E-state index contributed by atoms with van der Waals surface area (Å²) in [6, 6.07) is 13.1. The Balaban J connectivity index is 2.11. The minimum Gasteiger partial charge on any atom is -0.495 e. The number of benzene rings is 2. The molecule has 108 valence electrons. The summed E-state index contributed by atoms with van der Waals surface area (Å²) < 4.78 is 10.9. The molecule has 0 heterocycles. The Labute approximate surface area is 137 Å². The van der Waals surface area contributed by atoms with Gasteiger partial charge in [-0.15, -0.1) is 0 Å². The van der Waals surface area contributed by atoms with E-state index in [0.717, 1.165) is 16.5 Å². The van der Waals surface area contributed by atoms with Crippen LogP contribution >= 0.6 is 27.5 Å². The van der Waals surface area contributed by atoms with Gasteiger partial charge in [-0.25, -0.2) is 0 Å². The minimum absolute atomic E-state index is 0.357. The first-order valence-electron chi connectivity index (χ1n) is 6.22. The van der Waals surface area contributed by atoms with Crippen molar-refractivity contribution in [1.82, 2.24) is 0 Å². The number of hydrogen-bond acceptors (Lipinski definition) is 3. The van der Waals surface area contributed by atoms with Crippen LogP contribution < -0.4 is 9.47 Å². The quantitative estimate of drug-likeness (QED) is 0.721. The molecule has 0 amide bonds. The lowest BCUT2D eigenvalue weighted by Gasteiger charge is -2.10. The van der Waals surface area contributed by atoms with Crippen LogP contribution in [0.1, 0.15) is 16.7 Å². The molecular weight excluding hydrogens is 354 g/mol. The number of nitriles is 1. The molecule has 0 bridgehead atoms. The van der Waals surface area contributed by atoms with Gasteiger partial charge in [-0.05, 0) is 35.4 Å². The monoisotopic (exact) mass is 365 g/mol. The fourth-order valence-electron chi connectivity index (χ4n) is 1.82. The molecule has 3 nitrogen and oxygen atoms in total. The zero-order valence-corrected chi connectivity index (χ0v) is 13.7. The molecule has 0 radical (unpaired) electrons. The van der Waals surface area contributed by atoms with E-state index in [4.69, 9.17) is 26.3 Å². The molecule has 0 atom stereocenters. The van der Waals surface area contributed by atoms with Gasteiger partial charge in [-0.2, -0.15) is 5.26 Å². The summed E-state index contributed by atoms with van der Waals surface area (Å²) in [6.07, 6.45) is 0. The van der Waals surface area contributed by atoms with Crippen molar-refractivity contribution in [3.05, 3.63) is 58.1 Å². The summed E-state index contributed by atoms with van der Waals surface area (Å²) in [5, 5.41) is 10.3. The van der Waals surface area contributed by atoms with Gasteiger partial charge >= 0.3 is 0 Å². The zero-order valence-electron chi connectivity index (χ0n) is 11.4. The maximum Gasteiger partial charge on any atom is 0.138 e. The Morgan fingerprint density at radius 1 is 1.14 bits per heavy atom. The van der Waals surface area contributed by atoms with Gasteiger partial charge in [-0.3, -0.25) is 0 Å². The van der Waals surface area contributed by atoms with Gasteiger partial charge in [0.15, 0.2) is 0 Å². The minimum atomic E-state index is 0.357. The molecule has 0 N–H and O–H groups in total. The summed E-state index contributed by atoms with van der Waals surface area (Å²) in [5.74, 6) is 1.17. The van der Waals surface area contributed by atoms with Crippen LogP contribution in [0.25, 0.3) is 0 Å². The molecule has 0 aliphatic heterocycles. The van der Waals surface area contributed by atoms with E-state index in [0.29, 0.717) is 28.7 Å². The number of ether oxygens (including phenoxy) is 2. The van der Waals surface area contributed by atoms with E-state index in [-0.39, 0.29) is 0 Å². The smallest absolute Gasteiger partial charge is 0.138 e. The second-order valence-corrected chi connectivity index (χ2v) is 5.30. The van der Waals surface area contributed by atoms with E-state index in [2.05, 4.69) is 22.0 Å². The van der Waals surface area contributed by atoms with Gasteiger partial charge in [0.1, 0.15) is 24.2 Å². The van der Waals surface area contributed by atoms with E-state index in [9.17, 15) is 0 Å². The second-order valence-electron chi connectivity index (χ2n) is 4.33. The van der Waals surface area contributed by atoms with Crippen molar-refractivity contribution < 1.29 is 9.47 Å². The van der Waals surface area contributed by atoms with Crippen molar-refractivity contribution in [2.75, 3.05) is 7.11 Å². The predicted octanol–water partition coefficient (Wildman–Crippen LogP) is 4.69. The van der Waals surface area contributed by atoms with Gasteiger partial charge < -0.3 is 9.47 Å². The highest BCUT2D eigenvalue weighted by atomic mass is 79.9. The molecule has 2 rings (SSSR count). The largest absolute Gasteiger partial charge is 0.495 e. The van der Waals surface area contributed by atoms with Crippen molar-refractivity contribution in [2.24, 2.45) is 0 Å². The van der Waals surface area contributed by atoms with Gasteiger partial charge in [0.25, 0.3) is 0 Å². The molecule has 0 fully saturated rings. The summed E-state index contributed by atoms with van der Waals surface area (Å²) in [5.41, 5.74) is 2.50. The lowest BCUT2D eigenvalue weighted by Crippen LogP contribution is -1.98. The molecule has 0 aromatic heterocycles. The highest BCUT2D eigenvalue weighted by Crippen LogP contribution is 2.28. The molecule has 5 heteroatoms. The number of halogens is 2. The summed E-state index contributed by atoms with van der Waals surface area (Å²) in [4.78, 5) is 0. The molecular formula is C16H13BrClNO2. The summed E-state index contributed by atoms with van der Waals surface area (Å²) in [6.45, 7) is 0.357. The van der Waals surface area contributed by atoms with Crippen LogP contribution in [0, 0.1) is 11.3 Å². The molecule has 0 unspecified atom stereocenters. The van der Waals surface area contributed by atoms with Crippen molar-refractivity contribution >= 4 is 27.5 Å². The third-order valence-electron chi connectivity index (χ3n) is 2.93. The van der Waals surface area contributed by atoms with E-state index >= 15 is 0 Å². The molecule has 21 heavy (non-hydrogen) atoms. The first kappa shape index (κ1) is 15.7. The first-order chi connectivity index (χ1) is 10.2.